The molecule has 0 aliphatic rings. The van der Waals surface area contributed by atoms with Crippen LogP contribution < -0.4 is 5.73 Å². The van der Waals surface area contributed by atoms with E-state index in [-0.39, 0.29) is 33.1 Å². The predicted molar refractivity (Wildman–Crippen MR) is 102 cm³/mol. The largest absolute Gasteiger partial charge is 0.407 e. The quantitative estimate of drug-likeness (QED) is 0.601. The Hall–Kier alpha value is -2.92. The summed E-state index contributed by atoms with van der Waals surface area (Å²) in [5, 5.41) is 9.41. The minimum atomic E-state index is -4.66. The maximum absolute atomic E-state index is 14.9. The van der Waals surface area contributed by atoms with Crippen molar-refractivity contribution < 1.29 is 17.6 Å². The molecule has 1 atom stereocenters. The van der Waals surface area contributed by atoms with Gasteiger partial charge in [-0.2, -0.15) is 18.4 Å². The molecule has 2 heterocycles. The monoisotopic (exact) mass is 404 g/mol. The van der Waals surface area contributed by atoms with Crippen LogP contribution in [-0.4, -0.2) is 15.7 Å². The summed E-state index contributed by atoms with van der Waals surface area (Å²) in [5.74, 6) is -0.744. The zero-order chi connectivity index (χ0) is 21.6. The zero-order valence-electron chi connectivity index (χ0n) is 16.2. The summed E-state index contributed by atoms with van der Waals surface area (Å²) in [7, 11) is 0. The zero-order valence-corrected chi connectivity index (χ0v) is 16.2. The molecule has 0 saturated carbocycles. The molecule has 4 nitrogen and oxygen atoms in total. The molecule has 1 aromatic carbocycles. The number of benzene rings is 1. The van der Waals surface area contributed by atoms with Crippen LogP contribution in [0.3, 0.4) is 0 Å². The van der Waals surface area contributed by atoms with Gasteiger partial charge in [0, 0.05) is 52.7 Å². The highest BCUT2D eigenvalue weighted by Crippen LogP contribution is 2.39. The van der Waals surface area contributed by atoms with E-state index in [2.05, 4.69) is 4.98 Å². The van der Waals surface area contributed by atoms with Crippen molar-refractivity contribution in [3.05, 3.63) is 53.7 Å². The number of hydrogen-bond acceptors (Lipinski definition) is 3. The molecule has 1 unspecified atom stereocenters. The van der Waals surface area contributed by atoms with Crippen molar-refractivity contribution in [1.82, 2.24) is 9.55 Å². The van der Waals surface area contributed by atoms with E-state index in [4.69, 9.17) is 5.73 Å². The number of aromatic nitrogens is 2. The lowest BCUT2D eigenvalue weighted by Crippen LogP contribution is -2.28. The summed E-state index contributed by atoms with van der Waals surface area (Å²) < 4.78 is 56.4. The van der Waals surface area contributed by atoms with Crippen LogP contribution >= 0.6 is 0 Å². The SMILES string of the molecule is CC(C)(C)Cn1cc(C(N)C(F)(F)F)c2cc(F)c(-c3cnccc3C#N)cc21. The fraction of sp³-hybridized carbons (Fsp3) is 0.333. The lowest BCUT2D eigenvalue weighted by molar-refractivity contribution is -0.148. The molecule has 3 aromatic rings. The molecule has 3 rings (SSSR count). The third-order valence-electron chi connectivity index (χ3n) is 4.56. The molecule has 2 N–H and O–H groups in total. The second kappa shape index (κ2) is 7.16. The highest BCUT2D eigenvalue weighted by Gasteiger charge is 2.39. The molecule has 0 aliphatic heterocycles. The molecule has 0 spiro atoms. The van der Waals surface area contributed by atoms with E-state index in [9.17, 15) is 22.8 Å². The fourth-order valence-electron chi connectivity index (χ4n) is 3.32. The van der Waals surface area contributed by atoms with E-state index in [1.807, 2.05) is 26.8 Å². The number of nitrogens with two attached hydrogens (primary N) is 1. The molecule has 0 fully saturated rings. The lowest BCUT2D eigenvalue weighted by atomic mass is 9.96. The summed E-state index contributed by atoms with van der Waals surface area (Å²) >= 11 is 0. The number of alkyl halides is 3. The average molecular weight is 404 g/mol. The molecule has 0 bridgehead atoms. The average Bonchev–Trinajstić information content (AvgIpc) is 2.95. The van der Waals surface area contributed by atoms with Crippen molar-refractivity contribution >= 4 is 10.9 Å². The molecule has 0 amide bonds. The van der Waals surface area contributed by atoms with E-state index in [0.717, 1.165) is 6.07 Å². The van der Waals surface area contributed by atoms with Crippen molar-refractivity contribution in [2.45, 2.75) is 39.5 Å². The van der Waals surface area contributed by atoms with Crippen LogP contribution in [0.25, 0.3) is 22.0 Å². The summed E-state index contributed by atoms with van der Waals surface area (Å²) in [6.07, 6.45) is -0.539. The highest BCUT2D eigenvalue weighted by molar-refractivity contribution is 5.90. The molecule has 0 saturated heterocycles. The minimum Gasteiger partial charge on any atom is -0.347 e. The first-order valence-electron chi connectivity index (χ1n) is 8.91. The minimum absolute atomic E-state index is 0.0996. The Balaban J connectivity index is 2.31. The van der Waals surface area contributed by atoms with Crippen molar-refractivity contribution in [3.8, 4) is 17.2 Å². The van der Waals surface area contributed by atoms with Gasteiger partial charge in [-0.1, -0.05) is 20.8 Å². The topological polar surface area (TPSA) is 67.6 Å². The first-order valence-corrected chi connectivity index (χ1v) is 8.91. The lowest BCUT2D eigenvalue weighted by Gasteiger charge is -2.20. The van der Waals surface area contributed by atoms with Crippen LogP contribution in [-0.2, 0) is 6.54 Å². The van der Waals surface area contributed by atoms with Gasteiger partial charge in [-0.05, 0) is 23.6 Å². The first-order chi connectivity index (χ1) is 13.4. The number of nitriles is 1. The summed E-state index contributed by atoms with van der Waals surface area (Å²) in [4.78, 5) is 3.95. The normalized spacial score (nSPS) is 13.5. The number of hydrogen-bond donors (Lipinski definition) is 1. The molecule has 0 radical (unpaired) electrons. The number of nitrogens with zero attached hydrogens (tertiary/aromatic N) is 3. The Morgan fingerprint density at radius 1 is 1.21 bits per heavy atom. The van der Waals surface area contributed by atoms with E-state index in [1.165, 1.54) is 30.7 Å². The van der Waals surface area contributed by atoms with Gasteiger partial charge in [-0.15, -0.1) is 0 Å². The van der Waals surface area contributed by atoms with Crippen molar-refractivity contribution in [3.63, 3.8) is 0 Å². The standard InChI is InChI=1S/C21H20F4N4/c1-20(2,3)11-29-10-16(19(27)21(23,24)25)14-6-17(22)13(7-18(14)29)15-9-28-5-4-12(15)8-26/h4-7,9-10,19H,11,27H2,1-3H3. The van der Waals surface area contributed by atoms with E-state index >= 15 is 0 Å². The smallest absolute Gasteiger partial charge is 0.347 e. The van der Waals surface area contributed by atoms with Crippen LogP contribution in [0.2, 0.25) is 0 Å². The number of halogens is 4. The van der Waals surface area contributed by atoms with E-state index in [0.29, 0.717) is 12.1 Å². The molecule has 152 valence electrons. The van der Waals surface area contributed by atoms with Gasteiger partial charge in [0.1, 0.15) is 11.9 Å². The van der Waals surface area contributed by atoms with E-state index < -0.39 is 18.0 Å². The molecular weight excluding hydrogens is 384 g/mol. The maximum Gasteiger partial charge on any atom is 0.407 e. The Morgan fingerprint density at radius 3 is 2.48 bits per heavy atom. The first kappa shape index (κ1) is 20.8. The Kier molecular flexibility index (Phi) is 5.13. The van der Waals surface area contributed by atoms with Crippen LogP contribution in [0.5, 0.6) is 0 Å². The highest BCUT2D eigenvalue weighted by atomic mass is 19.4. The third kappa shape index (κ3) is 4.10. The van der Waals surface area contributed by atoms with Gasteiger partial charge >= 0.3 is 6.18 Å². The van der Waals surface area contributed by atoms with Gasteiger partial charge in [-0.3, -0.25) is 4.98 Å². The van der Waals surface area contributed by atoms with Crippen LogP contribution in [0.15, 0.2) is 36.8 Å². The fourth-order valence-corrected chi connectivity index (χ4v) is 3.32. The number of rotatable bonds is 3. The maximum atomic E-state index is 14.9. The van der Waals surface area contributed by atoms with E-state index in [1.54, 1.807) is 4.57 Å². The molecule has 2 aromatic heterocycles. The van der Waals surface area contributed by atoms with Gasteiger partial charge in [0.15, 0.2) is 0 Å². The summed E-state index contributed by atoms with van der Waals surface area (Å²) in [5.41, 5.74) is 6.03. The van der Waals surface area contributed by atoms with Crippen molar-refractivity contribution in [2.24, 2.45) is 11.1 Å². The van der Waals surface area contributed by atoms with Crippen molar-refractivity contribution in [1.29, 1.82) is 5.26 Å². The van der Waals surface area contributed by atoms with Gasteiger partial charge in [-0.25, -0.2) is 4.39 Å². The summed E-state index contributed by atoms with van der Waals surface area (Å²) in [6, 6.07) is 3.72. The molecule has 29 heavy (non-hydrogen) atoms. The Bertz CT molecular complexity index is 1100. The van der Waals surface area contributed by atoms with Crippen LogP contribution in [0.4, 0.5) is 17.6 Å². The Morgan fingerprint density at radius 2 is 1.90 bits per heavy atom. The van der Waals surface area contributed by atoms with Crippen LogP contribution in [0.1, 0.15) is 37.9 Å². The number of pyridine rings is 1. The van der Waals surface area contributed by atoms with Gasteiger partial charge in [0.2, 0.25) is 0 Å². The van der Waals surface area contributed by atoms with Crippen LogP contribution in [0, 0.1) is 22.6 Å². The molecule has 8 heteroatoms. The number of fused-ring (bicyclic) bond motifs is 1. The van der Waals surface area contributed by atoms with Crippen molar-refractivity contribution in [2.75, 3.05) is 0 Å². The Labute approximate surface area is 165 Å². The molecule has 0 aliphatic carbocycles. The van der Waals surface area contributed by atoms with Gasteiger partial charge in [0.25, 0.3) is 0 Å². The predicted octanol–water partition coefficient (Wildman–Crippen LogP) is 5.32. The van der Waals surface area contributed by atoms with Gasteiger partial charge in [0.05, 0.1) is 11.6 Å². The third-order valence-corrected chi connectivity index (χ3v) is 4.56. The molecular formula is C21H20F4N4. The second-order valence-electron chi connectivity index (χ2n) is 8.17. The van der Waals surface area contributed by atoms with Gasteiger partial charge < -0.3 is 10.3 Å². The summed E-state index contributed by atoms with van der Waals surface area (Å²) in [6.45, 7) is 6.24. The second-order valence-corrected chi connectivity index (χ2v) is 8.17.